The van der Waals surface area contributed by atoms with Gasteiger partial charge in [0.05, 0.1) is 6.10 Å². The number of rotatable bonds is 11. The fraction of sp³-hybridized carbons (Fsp3) is 0.280. The van der Waals surface area contributed by atoms with Crippen LogP contribution in [0.25, 0.3) is 0 Å². The standard InChI is InChI=1S/C18H19F3.C7H14O/c1-8-16(19)14(6)13(5)10-18(21)15(7)12(4)9-17(20)11(2)3;1-3-4-5-6-7(2)8/h8-10H,2,4-7H2,1,3H3;3,7-8H,1,4-6H2,2H3/b16-8+,17-9+,18-10+;. The lowest BCUT2D eigenvalue weighted by molar-refractivity contribution is 0.182. The van der Waals surface area contributed by atoms with Gasteiger partial charge in [-0.05, 0) is 68.9 Å². The first-order valence-electron chi connectivity index (χ1n) is 9.17. The Balaban J connectivity index is 0. The minimum Gasteiger partial charge on any atom is -0.393 e. The second-order valence-electron chi connectivity index (χ2n) is 6.48. The minimum absolute atomic E-state index is 0.0327. The molecule has 29 heavy (non-hydrogen) atoms. The largest absolute Gasteiger partial charge is 0.393 e. The van der Waals surface area contributed by atoms with E-state index in [4.69, 9.17) is 5.11 Å². The van der Waals surface area contributed by atoms with Crippen LogP contribution in [0.1, 0.15) is 40.0 Å². The van der Waals surface area contributed by atoms with E-state index in [9.17, 15) is 13.2 Å². The maximum atomic E-state index is 14.0. The molecule has 1 atom stereocenters. The zero-order valence-corrected chi connectivity index (χ0v) is 17.8. The van der Waals surface area contributed by atoms with Crippen molar-refractivity contribution in [3.05, 3.63) is 109 Å². The Labute approximate surface area is 174 Å². The molecule has 0 bridgehead atoms. The zero-order valence-electron chi connectivity index (χ0n) is 17.8. The molecule has 0 amide bonds. The fourth-order valence-electron chi connectivity index (χ4n) is 1.73. The van der Waals surface area contributed by atoms with Crippen molar-refractivity contribution in [3.63, 3.8) is 0 Å². The molecule has 0 aliphatic rings. The summed E-state index contributed by atoms with van der Waals surface area (Å²) < 4.78 is 40.6. The van der Waals surface area contributed by atoms with Crippen molar-refractivity contribution in [2.75, 3.05) is 0 Å². The summed E-state index contributed by atoms with van der Waals surface area (Å²) in [6, 6.07) is 0. The monoisotopic (exact) mass is 406 g/mol. The van der Waals surface area contributed by atoms with Gasteiger partial charge in [-0.15, -0.1) is 6.58 Å². The summed E-state index contributed by atoms with van der Waals surface area (Å²) in [5, 5.41) is 8.74. The van der Waals surface area contributed by atoms with Gasteiger partial charge in [-0.1, -0.05) is 45.0 Å². The number of halogens is 3. The molecule has 0 aliphatic heterocycles. The summed E-state index contributed by atoms with van der Waals surface area (Å²) in [5.74, 6) is -2.00. The molecule has 0 aromatic rings. The molecule has 1 nitrogen and oxygen atoms in total. The first-order chi connectivity index (χ1) is 13.4. The Morgan fingerprint density at radius 2 is 1.34 bits per heavy atom. The molecule has 1 N–H and O–H groups in total. The first kappa shape index (κ1) is 28.6. The van der Waals surface area contributed by atoms with Gasteiger partial charge in [0.15, 0.2) is 0 Å². The lowest BCUT2D eigenvalue weighted by Gasteiger charge is -2.06. The van der Waals surface area contributed by atoms with Crippen molar-refractivity contribution >= 4 is 0 Å². The number of hydrogen-bond donors (Lipinski definition) is 1. The van der Waals surface area contributed by atoms with E-state index in [0.29, 0.717) is 0 Å². The Bertz CT molecular complexity index is 731. The first-order valence-corrected chi connectivity index (χ1v) is 9.17. The van der Waals surface area contributed by atoms with Crippen molar-refractivity contribution in [1.29, 1.82) is 0 Å². The molecule has 4 heteroatoms. The summed E-state index contributed by atoms with van der Waals surface area (Å²) in [4.78, 5) is 0. The van der Waals surface area contributed by atoms with Gasteiger partial charge >= 0.3 is 0 Å². The number of unbranched alkanes of at least 4 members (excludes halogenated alkanes) is 1. The van der Waals surface area contributed by atoms with Crippen LogP contribution in [-0.2, 0) is 0 Å². The van der Waals surface area contributed by atoms with E-state index in [1.54, 1.807) is 0 Å². The fourth-order valence-corrected chi connectivity index (χ4v) is 1.73. The Morgan fingerprint density at radius 3 is 1.72 bits per heavy atom. The molecule has 0 aromatic heterocycles. The van der Waals surface area contributed by atoms with E-state index < -0.39 is 17.5 Å². The summed E-state index contributed by atoms with van der Waals surface area (Å²) in [6.45, 7) is 25.8. The zero-order chi connectivity index (χ0) is 23.1. The lowest BCUT2D eigenvalue weighted by Crippen LogP contribution is -1.97. The van der Waals surface area contributed by atoms with Crippen LogP contribution in [0.15, 0.2) is 109 Å². The van der Waals surface area contributed by atoms with Gasteiger partial charge in [0, 0.05) is 11.1 Å². The van der Waals surface area contributed by atoms with Crippen molar-refractivity contribution < 1.29 is 18.3 Å². The predicted octanol–water partition coefficient (Wildman–Crippen LogP) is 8.09. The highest BCUT2D eigenvalue weighted by Crippen LogP contribution is 2.26. The van der Waals surface area contributed by atoms with Crippen LogP contribution in [-0.4, -0.2) is 11.2 Å². The molecule has 0 saturated heterocycles. The van der Waals surface area contributed by atoms with Crippen molar-refractivity contribution in [3.8, 4) is 0 Å². The van der Waals surface area contributed by atoms with E-state index in [-0.39, 0.29) is 34.0 Å². The third-order valence-electron chi connectivity index (χ3n) is 3.65. The van der Waals surface area contributed by atoms with Crippen LogP contribution in [0.2, 0.25) is 0 Å². The lowest BCUT2D eigenvalue weighted by atomic mass is 10.0. The van der Waals surface area contributed by atoms with Gasteiger partial charge in [0.25, 0.3) is 0 Å². The van der Waals surface area contributed by atoms with Gasteiger partial charge < -0.3 is 5.11 Å². The molecule has 0 saturated carbocycles. The molecular formula is C25H33F3O. The van der Waals surface area contributed by atoms with E-state index in [2.05, 4.69) is 39.5 Å². The number of aliphatic hydroxyl groups is 1. The highest BCUT2D eigenvalue weighted by molar-refractivity contribution is 5.53. The SMILES string of the molecule is C=C(/C=C(/F)C(=C)C(=C)/C=C(/F)C(=C)C)C(=C)/C(F)=C\C.C=CCCCC(C)O. The molecule has 1 unspecified atom stereocenters. The van der Waals surface area contributed by atoms with Crippen LogP contribution >= 0.6 is 0 Å². The summed E-state index contributed by atoms with van der Waals surface area (Å²) in [5.41, 5.74) is 0.146. The Hall–Kier alpha value is -2.59. The van der Waals surface area contributed by atoms with Gasteiger partial charge in [-0.3, -0.25) is 0 Å². The molecule has 0 aromatic carbocycles. The van der Waals surface area contributed by atoms with Crippen LogP contribution in [0.5, 0.6) is 0 Å². The second-order valence-corrected chi connectivity index (χ2v) is 6.48. The van der Waals surface area contributed by atoms with Gasteiger partial charge in [0.1, 0.15) is 17.5 Å². The average molecular weight is 407 g/mol. The van der Waals surface area contributed by atoms with Crippen molar-refractivity contribution in [1.82, 2.24) is 0 Å². The van der Waals surface area contributed by atoms with E-state index in [0.717, 1.165) is 31.4 Å². The summed E-state index contributed by atoms with van der Waals surface area (Å²) in [6.07, 6.45) is 7.90. The topological polar surface area (TPSA) is 20.2 Å². The van der Waals surface area contributed by atoms with Gasteiger partial charge in [0.2, 0.25) is 0 Å². The highest BCUT2D eigenvalue weighted by atomic mass is 19.1. The number of allylic oxidation sites excluding steroid dienone is 12. The predicted molar refractivity (Wildman–Crippen MR) is 120 cm³/mol. The summed E-state index contributed by atoms with van der Waals surface area (Å²) >= 11 is 0. The number of aliphatic hydroxyl groups excluding tert-OH is 1. The number of hydrogen-bond acceptors (Lipinski definition) is 1. The molecule has 0 aliphatic carbocycles. The molecular weight excluding hydrogens is 373 g/mol. The third-order valence-corrected chi connectivity index (χ3v) is 3.65. The van der Waals surface area contributed by atoms with E-state index >= 15 is 0 Å². The van der Waals surface area contributed by atoms with Crippen LogP contribution < -0.4 is 0 Å². The third kappa shape index (κ3) is 13.3. The van der Waals surface area contributed by atoms with E-state index in [1.165, 1.54) is 19.9 Å². The Kier molecular flexibility index (Phi) is 15.1. The molecule has 0 spiro atoms. The quantitative estimate of drug-likeness (QED) is 0.209. The maximum absolute atomic E-state index is 14.0. The summed E-state index contributed by atoms with van der Waals surface area (Å²) in [7, 11) is 0. The van der Waals surface area contributed by atoms with Crippen LogP contribution in [0, 0.1) is 0 Å². The van der Waals surface area contributed by atoms with Crippen LogP contribution in [0.3, 0.4) is 0 Å². The molecule has 0 radical (unpaired) electrons. The average Bonchev–Trinajstić information content (AvgIpc) is 2.66. The van der Waals surface area contributed by atoms with Gasteiger partial charge in [-0.25, -0.2) is 13.2 Å². The van der Waals surface area contributed by atoms with Crippen LogP contribution in [0.4, 0.5) is 13.2 Å². The molecule has 0 rings (SSSR count). The Morgan fingerprint density at radius 1 is 0.897 bits per heavy atom. The smallest absolute Gasteiger partial charge is 0.131 e. The highest BCUT2D eigenvalue weighted by Gasteiger charge is 2.09. The van der Waals surface area contributed by atoms with Gasteiger partial charge in [-0.2, -0.15) is 0 Å². The second kappa shape index (κ2) is 15.3. The van der Waals surface area contributed by atoms with Crippen molar-refractivity contribution in [2.24, 2.45) is 0 Å². The maximum Gasteiger partial charge on any atom is 0.131 e. The molecule has 0 fully saturated rings. The minimum atomic E-state index is -0.791. The molecule has 160 valence electrons. The van der Waals surface area contributed by atoms with E-state index in [1.807, 2.05) is 13.0 Å². The van der Waals surface area contributed by atoms with Crippen molar-refractivity contribution in [2.45, 2.75) is 46.1 Å². The normalized spacial score (nSPS) is 13.0. The molecule has 0 heterocycles.